The number of thioether (sulfide) groups is 1. The Morgan fingerprint density at radius 2 is 1.93 bits per heavy atom. The summed E-state index contributed by atoms with van der Waals surface area (Å²) in [5.41, 5.74) is 7.96. The van der Waals surface area contributed by atoms with Crippen molar-refractivity contribution in [3.8, 4) is 5.69 Å². The average Bonchev–Trinajstić information content (AvgIpc) is 2.61. The van der Waals surface area contributed by atoms with Crippen molar-refractivity contribution in [3.63, 3.8) is 0 Å². The second-order valence-electron chi connectivity index (χ2n) is 3.36. The summed E-state index contributed by atoms with van der Waals surface area (Å²) in [5.74, 6) is 0.555. The lowest BCUT2D eigenvalue weighted by Crippen LogP contribution is -1.98. The summed E-state index contributed by atoms with van der Waals surface area (Å²) in [6, 6.07) is 10.1. The summed E-state index contributed by atoms with van der Waals surface area (Å²) in [6.45, 7) is 2.07. The molecule has 0 aliphatic heterocycles. The second kappa shape index (κ2) is 3.98. The molecule has 1 aromatic heterocycles. The van der Waals surface area contributed by atoms with Crippen LogP contribution in [0.2, 0.25) is 0 Å². The molecule has 15 heavy (non-hydrogen) atoms. The van der Waals surface area contributed by atoms with E-state index >= 15 is 0 Å². The Balaban J connectivity index is 2.48. The van der Waals surface area contributed by atoms with Gasteiger partial charge in [0.2, 0.25) is 0 Å². The molecule has 3 nitrogen and oxygen atoms in total. The van der Waals surface area contributed by atoms with E-state index in [1.54, 1.807) is 11.8 Å². The minimum absolute atomic E-state index is 0.555. The first kappa shape index (κ1) is 10.1. The molecule has 1 aromatic carbocycles. The monoisotopic (exact) mass is 219 g/mol. The van der Waals surface area contributed by atoms with Crippen molar-refractivity contribution in [2.24, 2.45) is 0 Å². The highest BCUT2D eigenvalue weighted by molar-refractivity contribution is 7.98. The second-order valence-corrected chi connectivity index (χ2v) is 4.19. The first-order valence-electron chi connectivity index (χ1n) is 4.67. The Morgan fingerprint density at radius 3 is 2.53 bits per heavy atom. The van der Waals surface area contributed by atoms with Gasteiger partial charge in [-0.2, -0.15) is 0 Å². The SMILES string of the molecule is CSc1cc(N)nn1-c1ccc(C)cc1. The zero-order chi connectivity index (χ0) is 10.8. The van der Waals surface area contributed by atoms with Gasteiger partial charge in [0, 0.05) is 6.07 Å². The zero-order valence-electron chi connectivity index (χ0n) is 8.77. The van der Waals surface area contributed by atoms with Crippen molar-refractivity contribution in [1.29, 1.82) is 0 Å². The van der Waals surface area contributed by atoms with Gasteiger partial charge in [0.15, 0.2) is 0 Å². The van der Waals surface area contributed by atoms with Crippen LogP contribution in [0.4, 0.5) is 5.82 Å². The highest BCUT2D eigenvalue weighted by atomic mass is 32.2. The molecular weight excluding hydrogens is 206 g/mol. The summed E-state index contributed by atoms with van der Waals surface area (Å²) in [5, 5.41) is 5.31. The summed E-state index contributed by atoms with van der Waals surface area (Å²) < 4.78 is 1.86. The smallest absolute Gasteiger partial charge is 0.147 e. The first-order chi connectivity index (χ1) is 7.20. The van der Waals surface area contributed by atoms with Crippen LogP contribution >= 0.6 is 11.8 Å². The molecule has 78 valence electrons. The van der Waals surface area contributed by atoms with Gasteiger partial charge in [-0.25, -0.2) is 4.68 Å². The van der Waals surface area contributed by atoms with Crippen molar-refractivity contribution in [2.75, 3.05) is 12.0 Å². The molecule has 2 N–H and O–H groups in total. The molecule has 0 aliphatic rings. The first-order valence-corrected chi connectivity index (χ1v) is 5.90. The van der Waals surface area contributed by atoms with Crippen molar-refractivity contribution in [2.45, 2.75) is 11.9 Å². The van der Waals surface area contributed by atoms with Gasteiger partial charge in [-0.1, -0.05) is 17.7 Å². The van der Waals surface area contributed by atoms with Gasteiger partial charge >= 0.3 is 0 Å². The number of rotatable bonds is 2. The van der Waals surface area contributed by atoms with Crippen LogP contribution in [0, 0.1) is 6.92 Å². The number of nitrogen functional groups attached to an aromatic ring is 1. The van der Waals surface area contributed by atoms with E-state index in [9.17, 15) is 0 Å². The van der Waals surface area contributed by atoms with Gasteiger partial charge < -0.3 is 5.73 Å². The molecule has 0 fully saturated rings. The van der Waals surface area contributed by atoms with E-state index in [0.29, 0.717) is 5.82 Å². The van der Waals surface area contributed by atoms with Crippen LogP contribution in [0.25, 0.3) is 5.69 Å². The fraction of sp³-hybridized carbons (Fsp3) is 0.182. The van der Waals surface area contributed by atoms with Gasteiger partial charge in [-0.3, -0.25) is 0 Å². The molecule has 2 aromatic rings. The number of hydrogen-bond acceptors (Lipinski definition) is 3. The van der Waals surface area contributed by atoms with E-state index in [4.69, 9.17) is 5.73 Å². The summed E-state index contributed by atoms with van der Waals surface area (Å²) in [6.07, 6.45) is 2.02. The van der Waals surface area contributed by atoms with Gasteiger partial charge in [0.25, 0.3) is 0 Å². The van der Waals surface area contributed by atoms with Crippen molar-refractivity contribution < 1.29 is 0 Å². The molecule has 0 amide bonds. The van der Waals surface area contributed by atoms with Crippen LogP contribution in [0.3, 0.4) is 0 Å². The van der Waals surface area contributed by atoms with Crippen LogP contribution in [0.1, 0.15) is 5.56 Å². The van der Waals surface area contributed by atoms with Crippen molar-refractivity contribution >= 4 is 17.6 Å². The Labute approximate surface area is 93.3 Å². The maximum atomic E-state index is 5.68. The van der Waals surface area contributed by atoms with Crippen molar-refractivity contribution in [1.82, 2.24) is 9.78 Å². The maximum absolute atomic E-state index is 5.68. The fourth-order valence-electron chi connectivity index (χ4n) is 1.40. The maximum Gasteiger partial charge on any atom is 0.147 e. The van der Waals surface area contributed by atoms with Crippen LogP contribution in [0.15, 0.2) is 35.4 Å². The van der Waals surface area contributed by atoms with E-state index in [1.807, 2.05) is 29.1 Å². The molecule has 0 spiro atoms. The minimum Gasteiger partial charge on any atom is -0.382 e. The topological polar surface area (TPSA) is 43.8 Å². The van der Waals surface area contributed by atoms with Crippen LogP contribution in [-0.4, -0.2) is 16.0 Å². The summed E-state index contributed by atoms with van der Waals surface area (Å²) in [7, 11) is 0. The molecular formula is C11H13N3S. The van der Waals surface area contributed by atoms with Crippen LogP contribution < -0.4 is 5.73 Å². The predicted octanol–water partition coefficient (Wildman–Crippen LogP) is 2.48. The lowest BCUT2D eigenvalue weighted by molar-refractivity contribution is 0.807. The number of nitrogens with zero attached hydrogens (tertiary/aromatic N) is 2. The van der Waals surface area contributed by atoms with E-state index in [2.05, 4.69) is 24.2 Å². The Hall–Kier alpha value is -1.42. The number of nitrogens with two attached hydrogens (primary N) is 1. The summed E-state index contributed by atoms with van der Waals surface area (Å²) in [4.78, 5) is 0. The third-order valence-corrected chi connectivity index (χ3v) is 2.89. The minimum atomic E-state index is 0.555. The van der Waals surface area contributed by atoms with Crippen molar-refractivity contribution in [3.05, 3.63) is 35.9 Å². The van der Waals surface area contributed by atoms with E-state index in [-0.39, 0.29) is 0 Å². The normalized spacial score (nSPS) is 10.5. The summed E-state index contributed by atoms with van der Waals surface area (Å²) >= 11 is 1.64. The molecule has 0 radical (unpaired) electrons. The molecule has 4 heteroatoms. The highest BCUT2D eigenvalue weighted by Crippen LogP contribution is 2.21. The predicted molar refractivity (Wildman–Crippen MR) is 64.5 cm³/mol. The van der Waals surface area contributed by atoms with Crippen LogP contribution in [0.5, 0.6) is 0 Å². The zero-order valence-corrected chi connectivity index (χ0v) is 9.58. The Kier molecular flexibility index (Phi) is 2.68. The van der Waals surface area contributed by atoms with E-state index in [0.717, 1.165) is 10.7 Å². The molecule has 0 aliphatic carbocycles. The molecule has 0 atom stereocenters. The van der Waals surface area contributed by atoms with Gasteiger partial charge in [0.1, 0.15) is 10.8 Å². The molecule has 0 saturated carbocycles. The molecule has 0 bridgehead atoms. The number of anilines is 1. The Bertz CT molecular complexity index is 459. The fourth-order valence-corrected chi connectivity index (χ4v) is 1.96. The number of aromatic nitrogens is 2. The molecule has 0 unspecified atom stereocenters. The van der Waals surface area contributed by atoms with E-state index < -0.39 is 0 Å². The quantitative estimate of drug-likeness (QED) is 0.789. The third kappa shape index (κ3) is 1.99. The molecule has 1 heterocycles. The Morgan fingerprint density at radius 1 is 1.27 bits per heavy atom. The van der Waals surface area contributed by atoms with Crippen LogP contribution in [-0.2, 0) is 0 Å². The van der Waals surface area contributed by atoms with Gasteiger partial charge in [-0.15, -0.1) is 16.9 Å². The van der Waals surface area contributed by atoms with Gasteiger partial charge in [-0.05, 0) is 25.3 Å². The largest absolute Gasteiger partial charge is 0.382 e. The average molecular weight is 219 g/mol. The lowest BCUT2D eigenvalue weighted by Gasteiger charge is -2.04. The standard InChI is InChI=1S/C11H13N3S/c1-8-3-5-9(6-4-8)14-11(15-2)7-10(12)13-14/h3-7H,1-2H3,(H2,12,13). The number of aryl methyl sites for hydroxylation is 1. The molecule has 0 saturated heterocycles. The number of hydrogen-bond donors (Lipinski definition) is 1. The lowest BCUT2D eigenvalue weighted by atomic mass is 10.2. The highest BCUT2D eigenvalue weighted by Gasteiger charge is 2.06. The van der Waals surface area contributed by atoms with Gasteiger partial charge in [0.05, 0.1) is 5.69 Å². The van der Waals surface area contributed by atoms with E-state index in [1.165, 1.54) is 5.56 Å². The molecule has 2 rings (SSSR count). The number of benzene rings is 1. The third-order valence-electron chi connectivity index (χ3n) is 2.18.